The highest BCUT2D eigenvalue weighted by molar-refractivity contribution is 7.92. The van der Waals surface area contributed by atoms with Crippen molar-refractivity contribution in [1.82, 2.24) is 19.5 Å². The molecule has 4 rings (SSSR count). The average Bonchev–Trinajstić information content (AvgIpc) is 3.50. The van der Waals surface area contributed by atoms with Crippen LogP contribution in [0.25, 0.3) is 6.08 Å². The van der Waals surface area contributed by atoms with Gasteiger partial charge in [0.15, 0.2) is 0 Å². The number of nitrogens with one attached hydrogen (secondary N) is 1. The summed E-state index contributed by atoms with van der Waals surface area (Å²) in [6.45, 7) is 2.94. The fourth-order valence-electron chi connectivity index (χ4n) is 4.12. The number of aromatic nitrogens is 1. The van der Waals surface area contributed by atoms with Gasteiger partial charge in [0.2, 0.25) is 21.8 Å². The first kappa shape index (κ1) is 24.3. The van der Waals surface area contributed by atoms with Gasteiger partial charge in [0.1, 0.15) is 11.0 Å². The SMILES string of the molecule is Cc1csc(C2CCCN2C(=O)CN2CCCC(NS(=O)(=O)/C=C/c3ccc(Cl)s3)C2=O)n1. The van der Waals surface area contributed by atoms with Crippen LogP contribution in [0.3, 0.4) is 0 Å². The maximum Gasteiger partial charge on any atom is 0.242 e. The van der Waals surface area contributed by atoms with E-state index in [2.05, 4.69) is 9.71 Å². The van der Waals surface area contributed by atoms with Crippen molar-refractivity contribution in [2.75, 3.05) is 19.6 Å². The molecule has 1 N–H and O–H groups in total. The summed E-state index contributed by atoms with van der Waals surface area (Å²) >= 11 is 8.68. The predicted molar refractivity (Wildman–Crippen MR) is 131 cm³/mol. The van der Waals surface area contributed by atoms with Gasteiger partial charge in [-0.2, -0.15) is 4.72 Å². The zero-order chi connectivity index (χ0) is 23.6. The van der Waals surface area contributed by atoms with Crippen LogP contribution in [0.15, 0.2) is 22.9 Å². The molecule has 4 heterocycles. The lowest BCUT2D eigenvalue weighted by Crippen LogP contribution is -2.54. The number of thiazole rings is 1. The Morgan fingerprint density at radius 2 is 2.09 bits per heavy atom. The van der Waals surface area contributed by atoms with Gasteiger partial charge in [-0.25, -0.2) is 13.4 Å². The number of carbonyl (C=O) groups is 2. The molecule has 0 aromatic carbocycles. The highest BCUT2D eigenvalue weighted by Gasteiger charge is 2.36. The number of halogens is 1. The number of thiophene rings is 1. The number of rotatable bonds is 7. The van der Waals surface area contributed by atoms with E-state index in [-0.39, 0.29) is 24.4 Å². The van der Waals surface area contributed by atoms with E-state index < -0.39 is 16.1 Å². The van der Waals surface area contributed by atoms with Gasteiger partial charge in [0.25, 0.3) is 0 Å². The zero-order valence-corrected chi connectivity index (χ0v) is 21.3. The summed E-state index contributed by atoms with van der Waals surface area (Å²) in [7, 11) is -3.83. The summed E-state index contributed by atoms with van der Waals surface area (Å²) in [6.07, 6.45) is 4.21. The standard InChI is InChI=1S/C21H25ClN4O4S3/c1-14-13-31-20(23-14)17-5-3-10-26(17)19(27)12-25-9-2-4-16(21(25)28)24-33(29,30)11-8-15-6-7-18(22)32-15/h6-8,11,13,16-17,24H,2-5,9-10,12H2,1H3/b11-8+. The number of hydrogen-bond acceptors (Lipinski definition) is 7. The van der Waals surface area contributed by atoms with Crippen molar-refractivity contribution in [1.29, 1.82) is 0 Å². The Bertz CT molecular complexity index is 1160. The first-order chi connectivity index (χ1) is 15.7. The Balaban J connectivity index is 1.38. The van der Waals surface area contributed by atoms with Crippen LogP contribution in [0.2, 0.25) is 4.34 Å². The molecular weight excluding hydrogens is 504 g/mol. The summed E-state index contributed by atoms with van der Waals surface area (Å²) in [5.41, 5.74) is 0.937. The summed E-state index contributed by atoms with van der Waals surface area (Å²) in [5.74, 6) is -0.497. The molecule has 2 saturated heterocycles. The average molecular weight is 529 g/mol. The van der Waals surface area contributed by atoms with Crippen LogP contribution < -0.4 is 4.72 Å². The number of likely N-dealkylation sites (tertiary alicyclic amines) is 2. The molecule has 0 radical (unpaired) electrons. The summed E-state index contributed by atoms with van der Waals surface area (Å²) < 4.78 is 28.0. The fraction of sp³-hybridized carbons (Fsp3) is 0.476. The molecule has 12 heteroatoms. The smallest absolute Gasteiger partial charge is 0.242 e. The molecule has 2 aliphatic heterocycles. The van der Waals surface area contributed by atoms with Gasteiger partial charge in [-0.05, 0) is 50.8 Å². The predicted octanol–water partition coefficient (Wildman–Crippen LogP) is 3.41. The molecule has 2 atom stereocenters. The molecule has 0 aliphatic carbocycles. The maximum absolute atomic E-state index is 13.1. The number of nitrogens with zero attached hydrogens (tertiary/aromatic N) is 3. The minimum absolute atomic E-state index is 0.0541. The number of hydrogen-bond donors (Lipinski definition) is 1. The molecule has 2 aromatic heterocycles. The normalized spacial score (nSPS) is 21.9. The number of piperidine rings is 1. The van der Waals surface area contributed by atoms with Gasteiger partial charge in [-0.1, -0.05) is 11.6 Å². The van der Waals surface area contributed by atoms with E-state index in [1.54, 1.807) is 28.4 Å². The first-order valence-electron chi connectivity index (χ1n) is 10.7. The van der Waals surface area contributed by atoms with E-state index in [9.17, 15) is 18.0 Å². The van der Waals surface area contributed by atoms with Crippen LogP contribution in [0.5, 0.6) is 0 Å². The number of aryl methyl sites for hydroxylation is 1. The van der Waals surface area contributed by atoms with Gasteiger partial charge in [0, 0.05) is 34.4 Å². The Kier molecular flexibility index (Phi) is 7.54. The van der Waals surface area contributed by atoms with E-state index in [4.69, 9.17) is 11.6 Å². The molecule has 2 amide bonds. The van der Waals surface area contributed by atoms with Crippen LogP contribution >= 0.6 is 34.3 Å². The molecule has 2 unspecified atom stereocenters. The lowest BCUT2D eigenvalue weighted by molar-refractivity contribution is -0.143. The molecule has 178 valence electrons. The zero-order valence-electron chi connectivity index (χ0n) is 18.1. The second kappa shape index (κ2) is 10.2. The van der Waals surface area contributed by atoms with Crippen LogP contribution in [-0.4, -0.2) is 60.7 Å². The van der Waals surface area contributed by atoms with E-state index in [1.165, 1.54) is 22.3 Å². The third-order valence-electron chi connectivity index (χ3n) is 5.66. The quantitative estimate of drug-likeness (QED) is 0.593. The maximum atomic E-state index is 13.1. The lowest BCUT2D eigenvalue weighted by Gasteiger charge is -2.33. The molecule has 0 saturated carbocycles. The van der Waals surface area contributed by atoms with Crippen molar-refractivity contribution in [2.45, 2.75) is 44.7 Å². The Labute approximate surface area is 206 Å². The van der Waals surface area contributed by atoms with Gasteiger partial charge in [-0.15, -0.1) is 22.7 Å². The third kappa shape index (κ3) is 6.02. The second-order valence-electron chi connectivity index (χ2n) is 8.13. The third-order valence-corrected chi connectivity index (χ3v) is 9.03. The molecule has 0 spiro atoms. The van der Waals surface area contributed by atoms with Crippen molar-refractivity contribution in [2.24, 2.45) is 0 Å². The van der Waals surface area contributed by atoms with E-state index in [0.29, 0.717) is 35.1 Å². The van der Waals surface area contributed by atoms with Crippen molar-refractivity contribution >= 4 is 62.2 Å². The molecule has 2 fully saturated rings. The molecule has 8 nitrogen and oxygen atoms in total. The van der Waals surface area contributed by atoms with Crippen molar-refractivity contribution in [3.63, 3.8) is 0 Å². The summed E-state index contributed by atoms with van der Waals surface area (Å²) in [4.78, 5) is 34.5. The number of carbonyl (C=O) groups excluding carboxylic acids is 2. The van der Waals surface area contributed by atoms with Crippen molar-refractivity contribution < 1.29 is 18.0 Å². The molecule has 2 aliphatic rings. The summed E-state index contributed by atoms with van der Waals surface area (Å²) in [5, 5.41) is 3.94. The van der Waals surface area contributed by atoms with E-state index >= 15 is 0 Å². The molecule has 2 aromatic rings. The van der Waals surface area contributed by atoms with Gasteiger partial charge >= 0.3 is 0 Å². The largest absolute Gasteiger partial charge is 0.332 e. The van der Waals surface area contributed by atoms with Gasteiger partial charge in [0.05, 0.1) is 16.9 Å². The topological polar surface area (TPSA) is 99.7 Å². The van der Waals surface area contributed by atoms with Crippen molar-refractivity contribution in [3.05, 3.63) is 42.8 Å². The minimum Gasteiger partial charge on any atom is -0.332 e. The summed E-state index contributed by atoms with van der Waals surface area (Å²) in [6, 6.07) is 2.47. The molecular formula is C21H25ClN4O4S3. The van der Waals surface area contributed by atoms with Gasteiger partial charge in [-0.3, -0.25) is 9.59 Å². The molecule has 0 bridgehead atoms. The highest BCUT2D eigenvalue weighted by Crippen LogP contribution is 2.34. The van der Waals surface area contributed by atoms with E-state index in [0.717, 1.165) is 29.0 Å². The Morgan fingerprint density at radius 1 is 1.30 bits per heavy atom. The second-order valence-corrected chi connectivity index (χ2v) is 12.4. The van der Waals surface area contributed by atoms with Gasteiger partial charge < -0.3 is 9.80 Å². The Morgan fingerprint density at radius 3 is 2.79 bits per heavy atom. The van der Waals surface area contributed by atoms with Crippen LogP contribution in [0.1, 0.15) is 47.3 Å². The highest BCUT2D eigenvalue weighted by atomic mass is 35.5. The van der Waals surface area contributed by atoms with Crippen LogP contribution in [0, 0.1) is 6.92 Å². The van der Waals surface area contributed by atoms with Crippen LogP contribution in [-0.2, 0) is 19.6 Å². The first-order valence-corrected chi connectivity index (χ1v) is 14.3. The number of amides is 2. The monoisotopic (exact) mass is 528 g/mol. The fourth-order valence-corrected chi connectivity index (χ4v) is 7.13. The van der Waals surface area contributed by atoms with Crippen molar-refractivity contribution in [3.8, 4) is 0 Å². The lowest BCUT2D eigenvalue weighted by atomic mass is 10.1. The number of sulfonamides is 1. The van der Waals surface area contributed by atoms with Crippen LogP contribution in [0.4, 0.5) is 0 Å². The molecule has 33 heavy (non-hydrogen) atoms. The van der Waals surface area contributed by atoms with E-state index in [1.807, 2.05) is 12.3 Å². The minimum atomic E-state index is -3.83. The Hall–Kier alpha value is -1.79.